The van der Waals surface area contributed by atoms with Crippen LogP contribution in [0.15, 0.2) is 54.6 Å². The summed E-state index contributed by atoms with van der Waals surface area (Å²) >= 11 is 0. The maximum atomic E-state index is 14.4. The second kappa shape index (κ2) is 12.9. The second-order valence-corrected chi connectivity index (χ2v) is 12.9. The molecule has 0 saturated heterocycles. The summed E-state index contributed by atoms with van der Waals surface area (Å²) in [5.41, 5.74) is 4.51. The van der Waals surface area contributed by atoms with Crippen LogP contribution in [0.1, 0.15) is 44.6 Å². The highest BCUT2D eigenvalue weighted by Crippen LogP contribution is 2.51. The standard InChI is InChI=1S/C39H34N2O9/c1-41(2)32-28-19-24-18-27-22(11-5-20-7-13-25(49-3)14-8-20)17-23(12-6-21-9-15-26(50-4)16-10-21)33(42)30(27)34(43)29(24)36(45)39(28,48)37(46)31(35(32)44)38(40)47/h7-10,13-17,24,28-29,31-32,42,48H,18-19H2,1-4H3,(H2,40,47). The Hall–Kier alpha value is -5.75. The number of hydrogen-bond donors (Lipinski definition) is 3. The van der Waals surface area contributed by atoms with E-state index in [4.69, 9.17) is 15.2 Å². The number of phenols is 1. The number of amides is 1. The Balaban J connectivity index is 1.50. The van der Waals surface area contributed by atoms with Gasteiger partial charge in [0, 0.05) is 22.6 Å². The highest BCUT2D eigenvalue weighted by atomic mass is 16.5. The van der Waals surface area contributed by atoms with E-state index in [0.717, 1.165) is 0 Å². The van der Waals surface area contributed by atoms with Crippen molar-refractivity contribution in [3.05, 3.63) is 88.0 Å². The van der Waals surface area contributed by atoms with Crippen LogP contribution in [0.3, 0.4) is 0 Å². The summed E-state index contributed by atoms with van der Waals surface area (Å²) in [7, 11) is 6.16. The minimum Gasteiger partial charge on any atom is -0.506 e. The minimum absolute atomic E-state index is 0.0677. The van der Waals surface area contributed by atoms with Crippen LogP contribution in [-0.4, -0.2) is 84.1 Å². The van der Waals surface area contributed by atoms with Gasteiger partial charge in [-0.3, -0.25) is 28.9 Å². The lowest BCUT2D eigenvalue weighted by Gasteiger charge is -2.52. The van der Waals surface area contributed by atoms with Gasteiger partial charge in [-0.05, 0) is 93.0 Å². The smallest absolute Gasteiger partial charge is 0.235 e. The summed E-state index contributed by atoms with van der Waals surface area (Å²) in [6.07, 6.45) is -0.00670. The Morgan fingerprint density at radius 1 is 0.860 bits per heavy atom. The first-order chi connectivity index (χ1) is 23.8. The molecule has 3 aliphatic rings. The molecule has 1 amide bonds. The van der Waals surface area contributed by atoms with E-state index in [0.29, 0.717) is 33.8 Å². The molecule has 0 radical (unpaired) electrons. The third-order valence-corrected chi connectivity index (χ3v) is 9.92. The van der Waals surface area contributed by atoms with Gasteiger partial charge in [-0.15, -0.1) is 0 Å². The molecule has 6 rings (SSSR count). The Kier molecular flexibility index (Phi) is 8.83. The molecular formula is C39H34N2O9. The molecule has 0 spiro atoms. The number of Topliss-reactive ketones (excluding diaryl/α,β-unsaturated/α-hetero) is 4. The number of primary amides is 1. The van der Waals surface area contributed by atoms with E-state index in [1.54, 1.807) is 61.7 Å². The van der Waals surface area contributed by atoms with Crippen LogP contribution in [0.2, 0.25) is 0 Å². The summed E-state index contributed by atoms with van der Waals surface area (Å²) in [5.74, 6) is 1.95. The lowest BCUT2D eigenvalue weighted by Crippen LogP contribution is -2.74. The SMILES string of the molecule is COc1ccc(C#Cc2cc(C#Cc3ccc(OC)cc3)c3c(c2O)C(=O)C2C(=O)C4(O)C(=O)C(C(N)=O)C(=O)C(N(C)C)C4CC2C3)cc1. The first kappa shape index (κ1) is 34.1. The largest absolute Gasteiger partial charge is 0.506 e. The van der Waals surface area contributed by atoms with Gasteiger partial charge in [0.25, 0.3) is 0 Å². The summed E-state index contributed by atoms with van der Waals surface area (Å²) in [4.78, 5) is 69.4. The summed E-state index contributed by atoms with van der Waals surface area (Å²) in [5, 5.41) is 23.5. The highest BCUT2D eigenvalue weighted by Gasteiger charge is 2.69. The number of carbonyl (C=O) groups is 5. The van der Waals surface area contributed by atoms with Gasteiger partial charge in [-0.1, -0.05) is 23.7 Å². The Labute approximate surface area is 288 Å². The summed E-state index contributed by atoms with van der Waals surface area (Å²) in [6.45, 7) is 0. The van der Waals surface area contributed by atoms with Crippen molar-refractivity contribution < 1.29 is 43.7 Å². The van der Waals surface area contributed by atoms with Gasteiger partial charge in [-0.2, -0.15) is 0 Å². The number of rotatable bonds is 4. The fourth-order valence-corrected chi connectivity index (χ4v) is 7.51. The monoisotopic (exact) mass is 674 g/mol. The topological polar surface area (TPSA) is 174 Å². The minimum atomic E-state index is -2.82. The molecule has 11 nitrogen and oxygen atoms in total. The van der Waals surface area contributed by atoms with E-state index >= 15 is 0 Å². The van der Waals surface area contributed by atoms with Crippen LogP contribution < -0.4 is 15.2 Å². The van der Waals surface area contributed by atoms with Crippen LogP contribution in [0.25, 0.3) is 0 Å². The van der Waals surface area contributed by atoms with Gasteiger partial charge in [0.15, 0.2) is 34.7 Å². The molecule has 6 unspecified atom stereocenters. The lowest BCUT2D eigenvalue weighted by molar-refractivity contribution is -0.181. The van der Waals surface area contributed by atoms with Gasteiger partial charge in [0.05, 0.1) is 37.3 Å². The zero-order valence-electron chi connectivity index (χ0n) is 27.8. The quantitative estimate of drug-likeness (QED) is 0.273. The average Bonchev–Trinajstić information content (AvgIpc) is 3.09. The van der Waals surface area contributed by atoms with Gasteiger partial charge >= 0.3 is 0 Å². The van der Waals surface area contributed by atoms with E-state index in [-0.39, 0.29) is 24.0 Å². The molecule has 254 valence electrons. The number of likely N-dealkylation sites (N-methyl/N-ethyl adjacent to an activating group) is 1. The van der Waals surface area contributed by atoms with E-state index in [2.05, 4.69) is 23.7 Å². The van der Waals surface area contributed by atoms with Crippen LogP contribution in [0.5, 0.6) is 17.2 Å². The van der Waals surface area contributed by atoms with Crippen molar-refractivity contribution >= 4 is 29.0 Å². The van der Waals surface area contributed by atoms with Crippen LogP contribution in [-0.2, 0) is 25.6 Å². The van der Waals surface area contributed by atoms with Gasteiger partial charge in [-0.25, -0.2) is 0 Å². The van der Waals surface area contributed by atoms with Crippen LogP contribution in [0.4, 0.5) is 0 Å². The number of methoxy groups -OCH3 is 2. The Bertz CT molecular complexity index is 2080. The molecule has 0 aromatic heterocycles. The van der Waals surface area contributed by atoms with E-state index in [9.17, 15) is 34.2 Å². The van der Waals surface area contributed by atoms with Crippen molar-refractivity contribution in [3.8, 4) is 40.9 Å². The van der Waals surface area contributed by atoms with Gasteiger partial charge < -0.3 is 25.4 Å². The number of benzene rings is 3. The second-order valence-electron chi connectivity index (χ2n) is 12.9. The fraction of sp³-hybridized carbons (Fsp3) is 0.308. The molecule has 50 heavy (non-hydrogen) atoms. The first-order valence-electron chi connectivity index (χ1n) is 15.9. The Morgan fingerprint density at radius 2 is 1.40 bits per heavy atom. The maximum Gasteiger partial charge on any atom is 0.235 e. The molecular weight excluding hydrogens is 640 g/mol. The van der Waals surface area contributed by atoms with Gasteiger partial charge in [0.1, 0.15) is 17.2 Å². The van der Waals surface area contributed by atoms with E-state index in [1.165, 1.54) is 26.1 Å². The molecule has 6 atom stereocenters. The molecule has 3 aliphatic carbocycles. The number of ketones is 4. The number of fused-ring (bicyclic) bond motifs is 3. The number of hydrogen-bond acceptors (Lipinski definition) is 10. The van der Waals surface area contributed by atoms with E-state index in [1.807, 2.05) is 0 Å². The van der Waals surface area contributed by atoms with Crippen molar-refractivity contribution in [2.45, 2.75) is 24.5 Å². The zero-order valence-corrected chi connectivity index (χ0v) is 27.8. The predicted molar refractivity (Wildman–Crippen MR) is 179 cm³/mol. The average molecular weight is 675 g/mol. The van der Waals surface area contributed by atoms with Crippen LogP contribution >= 0.6 is 0 Å². The molecule has 0 aliphatic heterocycles. The number of phenolic OH excluding ortho intramolecular Hbond substituents is 1. The van der Waals surface area contributed by atoms with Crippen LogP contribution in [0, 0.1) is 47.4 Å². The maximum absolute atomic E-state index is 14.4. The molecule has 2 fully saturated rings. The number of nitrogens with two attached hydrogens (primary N) is 1. The molecule has 3 aromatic rings. The molecule has 2 saturated carbocycles. The zero-order chi connectivity index (χ0) is 36.1. The fourth-order valence-electron chi connectivity index (χ4n) is 7.51. The molecule has 0 heterocycles. The van der Waals surface area contributed by atoms with Crippen molar-refractivity contribution in [1.82, 2.24) is 4.90 Å². The number of nitrogens with zero attached hydrogens (tertiary/aromatic N) is 1. The van der Waals surface area contributed by atoms with E-state index < -0.39 is 70.1 Å². The van der Waals surface area contributed by atoms with Crippen molar-refractivity contribution in [1.29, 1.82) is 0 Å². The summed E-state index contributed by atoms with van der Waals surface area (Å²) < 4.78 is 10.4. The molecule has 4 N–H and O–H groups in total. The summed E-state index contributed by atoms with van der Waals surface area (Å²) in [6, 6.07) is 14.3. The number of aliphatic hydroxyl groups is 1. The molecule has 0 bridgehead atoms. The third-order valence-electron chi connectivity index (χ3n) is 9.92. The molecule has 11 heteroatoms. The molecule has 3 aromatic carbocycles. The van der Waals surface area contributed by atoms with Crippen molar-refractivity contribution in [2.75, 3.05) is 28.3 Å². The number of aromatic hydroxyl groups is 1. The number of carbonyl (C=O) groups excluding carboxylic acids is 5. The predicted octanol–water partition coefficient (Wildman–Crippen LogP) is 1.68. The number of ether oxygens (including phenoxy) is 2. The first-order valence-corrected chi connectivity index (χ1v) is 15.9. The highest BCUT2D eigenvalue weighted by molar-refractivity contribution is 6.32. The normalized spacial score (nSPS) is 25.3. The Morgan fingerprint density at radius 3 is 1.90 bits per heavy atom. The van der Waals surface area contributed by atoms with Crippen molar-refractivity contribution in [2.24, 2.45) is 29.4 Å². The third kappa shape index (κ3) is 5.51. The van der Waals surface area contributed by atoms with Crippen molar-refractivity contribution in [3.63, 3.8) is 0 Å². The lowest BCUT2D eigenvalue weighted by atomic mass is 9.52. The van der Waals surface area contributed by atoms with Gasteiger partial charge in [0.2, 0.25) is 5.91 Å².